The number of fused-ring (bicyclic) bond motifs is 1. The molecule has 0 aliphatic carbocycles. The number of nitrogens with one attached hydrogen (secondary N) is 1. The number of nitrogens with zero attached hydrogens (tertiary/aromatic N) is 2. The van der Waals surface area contributed by atoms with Gasteiger partial charge in [0.15, 0.2) is 0 Å². The van der Waals surface area contributed by atoms with Crippen molar-refractivity contribution in [2.75, 3.05) is 12.3 Å². The van der Waals surface area contributed by atoms with Crippen LogP contribution in [0.3, 0.4) is 0 Å². The molecule has 2 aromatic rings. The number of anilines is 1. The molecule has 6 nitrogen and oxygen atoms in total. The van der Waals surface area contributed by atoms with Crippen molar-refractivity contribution in [2.45, 2.75) is 26.4 Å². The molecule has 0 aliphatic heterocycles. The Labute approximate surface area is 111 Å². The molecular weight excluding hydrogens is 242 g/mol. The van der Waals surface area contributed by atoms with E-state index in [1.807, 2.05) is 36.9 Å². The standard InChI is InChI=1S/C13H19N5O/c1-8(2)18(6-12(15)19)7-13-16-10-4-3-9(14)5-11(10)17-13/h3-5,8H,6-7,14H2,1-2H3,(H2,15,19)(H,16,17). The topological polar surface area (TPSA) is 101 Å². The smallest absolute Gasteiger partial charge is 0.231 e. The summed E-state index contributed by atoms with van der Waals surface area (Å²) in [4.78, 5) is 20.7. The van der Waals surface area contributed by atoms with Crippen molar-refractivity contribution in [3.8, 4) is 0 Å². The van der Waals surface area contributed by atoms with Crippen molar-refractivity contribution in [3.63, 3.8) is 0 Å². The summed E-state index contributed by atoms with van der Waals surface area (Å²) in [5.74, 6) is 0.463. The maximum atomic E-state index is 11.1. The fourth-order valence-electron chi connectivity index (χ4n) is 1.97. The molecule has 19 heavy (non-hydrogen) atoms. The molecule has 0 atom stereocenters. The normalized spacial score (nSPS) is 11.6. The maximum Gasteiger partial charge on any atom is 0.231 e. The van der Waals surface area contributed by atoms with Gasteiger partial charge in [-0.15, -0.1) is 0 Å². The average Bonchev–Trinajstić information content (AvgIpc) is 2.68. The number of amides is 1. The zero-order valence-electron chi connectivity index (χ0n) is 11.2. The van der Waals surface area contributed by atoms with Gasteiger partial charge >= 0.3 is 0 Å². The van der Waals surface area contributed by atoms with E-state index in [1.54, 1.807) is 0 Å². The fraction of sp³-hybridized carbons (Fsp3) is 0.385. The molecule has 0 saturated carbocycles. The summed E-state index contributed by atoms with van der Waals surface area (Å²) >= 11 is 0. The third-order valence-electron chi connectivity index (χ3n) is 3.00. The number of primary amides is 1. The first-order valence-corrected chi connectivity index (χ1v) is 6.22. The van der Waals surface area contributed by atoms with E-state index < -0.39 is 0 Å². The number of nitrogen functional groups attached to an aromatic ring is 1. The molecule has 1 heterocycles. The molecule has 2 rings (SSSR count). The van der Waals surface area contributed by atoms with Crippen molar-refractivity contribution < 1.29 is 4.79 Å². The van der Waals surface area contributed by atoms with E-state index in [2.05, 4.69) is 9.97 Å². The van der Waals surface area contributed by atoms with Gasteiger partial charge in [-0.3, -0.25) is 9.69 Å². The summed E-state index contributed by atoms with van der Waals surface area (Å²) in [5.41, 5.74) is 13.4. The Hall–Kier alpha value is -2.08. The van der Waals surface area contributed by atoms with Gasteiger partial charge in [0.1, 0.15) is 5.82 Å². The molecule has 0 aliphatic rings. The van der Waals surface area contributed by atoms with Crippen LogP contribution in [0.15, 0.2) is 18.2 Å². The largest absolute Gasteiger partial charge is 0.399 e. The summed E-state index contributed by atoms with van der Waals surface area (Å²) in [6, 6.07) is 5.75. The van der Waals surface area contributed by atoms with Crippen LogP contribution in [0, 0.1) is 0 Å². The van der Waals surface area contributed by atoms with Crippen LogP contribution in [0.25, 0.3) is 11.0 Å². The summed E-state index contributed by atoms with van der Waals surface area (Å²) in [6.07, 6.45) is 0. The first kappa shape index (κ1) is 13.4. The minimum absolute atomic E-state index is 0.214. The van der Waals surface area contributed by atoms with Crippen LogP contribution in [-0.2, 0) is 11.3 Å². The molecule has 0 unspecified atom stereocenters. The molecule has 5 N–H and O–H groups in total. The number of hydrogen-bond donors (Lipinski definition) is 3. The van der Waals surface area contributed by atoms with Gasteiger partial charge in [-0.25, -0.2) is 4.98 Å². The Morgan fingerprint density at radius 3 is 2.84 bits per heavy atom. The second-order valence-corrected chi connectivity index (χ2v) is 4.93. The lowest BCUT2D eigenvalue weighted by atomic mass is 10.3. The quantitative estimate of drug-likeness (QED) is 0.694. The third kappa shape index (κ3) is 3.23. The molecular formula is C13H19N5O. The van der Waals surface area contributed by atoms with Gasteiger partial charge in [-0.05, 0) is 32.0 Å². The zero-order chi connectivity index (χ0) is 14.0. The molecule has 1 aromatic heterocycles. The number of aromatic nitrogens is 2. The first-order chi connectivity index (χ1) is 8.95. The van der Waals surface area contributed by atoms with E-state index in [0.29, 0.717) is 12.2 Å². The molecule has 1 amide bonds. The number of H-pyrrole nitrogens is 1. The van der Waals surface area contributed by atoms with Gasteiger partial charge in [0.25, 0.3) is 0 Å². The predicted molar refractivity (Wildman–Crippen MR) is 75.2 cm³/mol. The number of imidazole rings is 1. The summed E-state index contributed by atoms with van der Waals surface area (Å²) in [7, 11) is 0. The van der Waals surface area contributed by atoms with Gasteiger partial charge in [0, 0.05) is 11.7 Å². The van der Waals surface area contributed by atoms with Crippen LogP contribution in [0.5, 0.6) is 0 Å². The Balaban J connectivity index is 2.21. The van der Waals surface area contributed by atoms with Crippen molar-refractivity contribution in [1.82, 2.24) is 14.9 Å². The van der Waals surface area contributed by atoms with Gasteiger partial charge < -0.3 is 16.5 Å². The van der Waals surface area contributed by atoms with E-state index in [1.165, 1.54) is 0 Å². The molecule has 0 fully saturated rings. The second-order valence-electron chi connectivity index (χ2n) is 4.93. The van der Waals surface area contributed by atoms with E-state index in [0.717, 1.165) is 16.9 Å². The van der Waals surface area contributed by atoms with Crippen molar-refractivity contribution in [1.29, 1.82) is 0 Å². The van der Waals surface area contributed by atoms with E-state index in [9.17, 15) is 4.79 Å². The number of nitrogens with two attached hydrogens (primary N) is 2. The van der Waals surface area contributed by atoms with Crippen LogP contribution in [-0.4, -0.2) is 33.4 Å². The Bertz CT molecular complexity index is 590. The molecule has 102 valence electrons. The van der Waals surface area contributed by atoms with Crippen LogP contribution in [0.2, 0.25) is 0 Å². The van der Waals surface area contributed by atoms with Gasteiger partial charge in [0.2, 0.25) is 5.91 Å². The molecule has 0 radical (unpaired) electrons. The Kier molecular flexibility index (Phi) is 3.71. The summed E-state index contributed by atoms with van der Waals surface area (Å²) < 4.78 is 0. The first-order valence-electron chi connectivity index (χ1n) is 6.22. The number of aromatic amines is 1. The van der Waals surface area contributed by atoms with Crippen LogP contribution >= 0.6 is 0 Å². The highest BCUT2D eigenvalue weighted by molar-refractivity contribution is 5.78. The number of benzene rings is 1. The van der Waals surface area contributed by atoms with E-state index in [-0.39, 0.29) is 18.5 Å². The highest BCUT2D eigenvalue weighted by Gasteiger charge is 2.14. The highest BCUT2D eigenvalue weighted by Crippen LogP contribution is 2.16. The number of carbonyl (C=O) groups excluding carboxylic acids is 1. The summed E-state index contributed by atoms with van der Waals surface area (Å²) in [5, 5.41) is 0. The lowest BCUT2D eigenvalue weighted by molar-refractivity contribution is -0.119. The molecule has 0 bridgehead atoms. The minimum Gasteiger partial charge on any atom is -0.399 e. The third-order valence-corrected chi connectivity index (χ3v) is 3.00. The molecule has 0 spiro atoms. The van der Waals surface area contributed by atoms with E-state index >= 15 is 0 Å². The average molecular weight is 261 g/mol. The predicted octanol–water partition coefficient (Wildman–Crippen LogP) is 0.841. The SMILES string of the molecule is CC(C)N(CC(N)=O)Cc1nc2ccc(N)cc2[nH]1. The second kappa shape index (κ2) is 5.27. The number of carbonyl (C=O) groups is 1. The van der Waals surface area contributed by atoms with E-state index in [4.69, 9.17) is 11.5 Å². The number of rotatable bonds is 5. The highest BCUT2D eigenvalue weighted by atomic mass is 16.1. The van der Waals surface area contributed by atoms with Gasteiger partial charge in [0.05, 0.1) is 24.1 Å². The van der Waals surface area contributed by atoms with Crippen LogP contribution < -0.4 is 11.5 Å². The molecule has 6 heteroatoms. The van der Waals surface area contributed by atoms with Crippen LogP contribution in [0.4, 0.5) is 5.69 Å². The summed E-state index contributed by atoms with van der Waals surface area (Å²) in [6.45, 7) is 4.80. The Morgan fingerprint density at radius 1 is 1.47 bits per heavy atom. The number of hydrogen-bond acceptors (Lipinski definition) is 4. The molecule has 1 aromatic carbocycles. The minimum atomic E-state index is -0.339. The maximum absolute atomic E-state index is 11.1. The fourth-order valence-corrected chi connectivity index (χ4v) is 1.97. The van der Waals surface area contributed by atoms with Crippen molar-refractivity contribution in [3.05, 3.63) is 24.0 Å². The van der Waals surface area contributed by atoms with Crippen molar-refractivity contribution in [2.24, 2.45) is 5.73 Å². The van der Waals surface area contributed by atoms with Crippen molar-refractivity contribution >= 4 is 22.6 Å². The van der Waals surface area contributed by atoms with Gasteiger partial charge in [-0.1, -0.05) is 0 Å². The zero-order valence-corrected chi connectivity index (χ0v) is 11.2. The monoisotopic (exact) mass is 261 g/mol. The lowest BCUT2D eigenvalue weighted by Crippen LogP contribution is -2.38. The van der Waals surface area contributed by atoms with Gasteiger partial charge in [-0.2, -0.15) is 0 Å². The van der Waals surface area contributed by atoms with Crippen LogP contribution in [0.1, 0.15) is 19.7 Å². The Morgan fingerprint density at radius 2 is 2.21 bits per heavy atom. The molecule has 0 saturated heterocycles. The lowest BCUT2D eigenvalue weighted by Gasteiger charge is -2.23.